The Hall–Kier alpha value is -2.72. The molecule has 5 heteroatoms. The summed E-state index contributed by atoms with van der Waals surface area (Å²) < 4.78 is 2.31. The van der Waals surface area contributed by atoms with Gasteiger partial charge in [-0.3, -0.25) is 9.98 Å². The summed E-state index contributed by atoms with van der Waals surface area (Å²) in [6.45, 7) is 6.52. The lowest BCUT2D eigenvalue weighted by molar-refractivity contribution is 0.756. The highest BCUT2D eigenvalue weighted by Gasteiger charge is 2.23. The number of imidazole rings is 1. The van der Waals surface area contributed by atoms with Crippen molar-refractivity contribution in [1.29, 1.82) is 0 Å². The molecule has 130 valence electrons. The molecule has 0 fully saturated rings. The summed E-state index contributed by atoms with van der Waals surface area (Å²) in [6, 6.07) is 13.9. The topological polar surface area (TPSA) is 42.5 Å². The molecule has 4 rings (SSSR count). The molecule has 2 aromatic carbocycles. The smallest absolute Gasteiger partial charge is 0.109 e. The van der Waals surface area contributed by atoms with Gasteiger partial charge in [-0.25, -0.2) is 4.98 Å². The van der Waals surface area contributed by atoms with E-state index in [0.29, 0.717) is 5.02 Å². The zero-order valence-electron chi connectivity index (χ0n) is 14.6. The van der Waals surface area contributed by atoms with Gasteiger partial charge in [-0.2, -0.15) is 0 Å². The van der Waals surface area contributed by atoms with E-state index in [0.717, 1.165) is 59.1 Å². The fourth-order valence-electron chi connectivity index (χ4n) is 3.50. The van der Waals surface area contributed by atoms with Crippen molar-refractivity contribution in [1.82, 2.24) is 9.55 Å². The summed E-state index contributed by atoms with van der Waals surface area (Å²) in [5.74, 6) is 1.13. The zero-order chi connectivity index (χ0) is 18.1. The number of benzene rings is 2. The van der Waals surface area contributed by atoms with Gasteiger partial charge in [0.15, 0.2) is 0 Å². The van der Waals surface area contributed by atoms with Crippen molar-refractivity contribution in [3.05, 3.63) is 53.3 Å². The number of rotatable bonds is 4. The SMILES string of the molecule is C=Nc1ccc(-c2c(-c3cccc(Cl)c3)nc3n2CCC3)cc1N=CC. The van der Waals surface area contributed by atoms with Crippen molar-refractivity contribution >= 4 is 35.9 Å². The number of halogens is 1. The maximum Gasteiger partial charge on any atom is 0.109 e. The van der Waals surface area contributed by atoms with Gasteiger partial charge in [-0.1, -0.05) is 29.8 Å². The molecule has 0 bridgehead atoms. The van der Waals surface area contributed by atoms with E-state index < -0.39 is 0 Å². The largest absolute Gasteiger partial charge is 0.327 e. The minimum atomic E-state index is 0.712. The van der Waals surface area contributed by atoms with Gasteiger partial charge in [0.25, 0.3) is 0 Å². The molecule has 0 saturated carbocycles. The Morgan fingerprint density at radius 2 is 2.04 bits per heavy atom. The van der Waals surface area contributed by atoms with Gasteiger partial charge in [-0.15, -0.1) is 0 Å². The molecule has 1 aromatic heterocycles. The second-order valence-electron chi connectivity index (χ2n) is 6.24. The molecule has 2 heterocycles. The first-order chi connectivity index (χ1) is 12.7. The molecule has 0 amide bonds. The average Bonchev–Trinajstić information content (AvgIpc) is 3.23. The van der Waals surface area contributed by atoms with Gasteiger partial charge in [-0.05, 0) is 44.3 Å². The van der Waals surface area contributed by atoms with Crippen LogP contribution >= 0.6 is 11.6 Å². The number of aromatic nitrogens is 2. The monoisotopic (exact) mass is 362 g/mol. The molecule has 1 aliphatic rings. The van der Waals surface area contributed by atoms with Crippen LogP contribution in [0.4, 0.5) is 11.4 Å². The van der Waals surface area contributed by atoms with E-state index in [2.05, 4.69) is 39.5 Å². The summed E-state index contributed by atoms with van der Waals surface area (Å²) in [6.07, 6.45) is 3.89. The normalized spacial score (nSPS) is 13.3. The number of aryl methyl sites for hydroxylation is 1. The number of aliphatic imine (C=N–C) groups is 2. The lowest BCUT2D eigenvalue weighted by Crippen LogP contribution is -1.96. The molecule has 0 aliphatic carbocycles. The third-order valence-corrected chi connectivity index (χ3v) is 4.85. The molecule has 0 saturated heterocycles. The number of nitrogens with zero attached hydrogens (tertiary/aromatic N) is 4. The van der Waals surface area contributed by atoms with E-state index in [4.69, 9.17) is 16.6 Å². The minimum Gasteiger partial charge on any atom is -0.327 e. The fourth-order valence-corrected chi connectivity index (χ4v) is 3.69. The second kappa shape index (κ2) is 6.89. The van der Waals surface area contributed by atoms with Gasteiger partial charge in [0, 0.05) is 35.3 Å². The van der Waals surface area contributed by atoms with E-state index in [1.165, 1.54) is 0 Å². The van der Waals surface area contributed by atoms with Crippen molar-refractivity contribution in [2.24, 2.45) is 9.98 Å². The Morgan fingerprint density at radius 1 is 1.15 bits per heavy atom. The van der Waals surface area contributed by atoms with Crippen LogP contribution in [0.3, 0.4) is 0 Å². The van der Waals surface area contributed by atoms with Crippen molar-refractivity contribution in [3.63, 3.8) is 0 Å². The lowest BCUT2D eigenvalue weighted by Gasteiger charge is -2.11. The van der Waals surface area contributed by atoms with Crippen LogP contribution in [0.1, 0.15) is 19.2 Å². The first-order valence-electron chi connectivity index (χ1n) is 8.66. The summed E-state index contributed by atoms with van der Waals surface area (Å²) in [5, 5.41) is 0.712. The summed E-state index contributed by atoms with van der Waals surface area (Å²) in [7, 11) is 0. The third kappa shape index (κ3) is 2.86. The van der Waals surface area contributed by atoms with Gasteiger partial charge in [0.1, 0.15) is 5.82 Å². The second-order valence-corrected chi connectivity index (χ2v) is 6.68. The predicted molar refractivity (Wildman–Crippen MR) is 109 cm³/mol. The molecular formula is C21H19ClN4. The summed E-state index contributed by atoms with van der Waals surface area (Å²) >= 11 is 6.22. The number of hydrogen-bond acceptors (Lipinski definition) is 3. The van der Waals surface area contributed by atoms with Gasteiger partial charge >= 0.3 is 0 Å². The molecular weight excluding hydrogens is 344 g/mol. The van der Waals surface area contributed by atoms with E-state index in [1.807, 2.05) is 31.2 Å². The van der Waals surface area contributed by atoms with Crippen molar-refractivity contribution < 1.29 is 0 Å². The maximum atomic E-state index is 6.22. The zero-order valence-corrected chi connectivity index (χ0v) is 15.4. The molecule has 26 heavy (non-hydrogen) atoms. The Labute approximate surface area is 157 Å². The lowest BCUT2D eigenvalue weighted by atomic mass is 10.0. The molecule has 1 aliphatic heterocycles. The van der Waals surface area contributed by atoms with Crippen molar-refractivity contribution in [2.75, 3.05) is 0 Å². The molecule has 0 radical (unpaired) electrons. The quantitative estimate of drug-likeness (QED) is 0.535. The van der Waals surface area contributed by atoms with E-state index >= 15 is 0 Å². The minimum absolute atomic E-state index is 0.712. The van der Waals surface area contributed by atoms with Crippen LogP contribution in [0.15, 0.2) is 52.4 Å². The average molecular weight is 363 g/mol. The number of fused-ring (bicyclic) bond motifs is 1. The maximum absolute atomic E-state index is 6.22. The van der Waals surface area contributed by atoms with Crippen molar-refractivity contribution in [2.45, 2.75) is 26.3 Å². The molecule has 4 nitrogen and oxygen atoms in total. The van der Waals surface area contributed by atoms with Crippen LogP contribution in [0.2, 0.25) is 5.02 Å². The van der Waals surface area contributed by atoms with Crippen LogP contribution < -0.4 is 0 Å². The Balaban J connectivity index is 1.94. The molecule has 3 aromatic rings. The standard InChI is InChI=1S/C21H19ClN4/c1-3-24-18-13-15(9-10-17(18)23-2)21-20(14-6-4-7-16(22)12-14)25-19-8-5-11-26(19)21/h3-4,6-7,9-10,12-13H,2,5,8,11H2,1H3. The fraction of sp³-hybridized carbons (Fsp3) is 0.190. The number of hydrogen-bond donors (Lipinski definition) is 0. The first-order valence-corrected chi connectivity index (χ1v) is 9.04. The van der Waals surface area contributed by atoms with Crippen LogP contribution in [-0.4, -0.2) is 22.5 Å². The van der Waals surface area contributed by atoms with Gasteiger partial charge in [0.05, 0.1) is 22.8 Å². The Morgan fingerprint density at radius 3 is 2.81 bits per heavy atom. The van der Waals surface area contributed by atoms with Gasteiger partial charge in [0.2, 0.25) is 0 Å². The van der Waals surface area contributed by atoms with Crippen LogP contribution in [0, 0.1) is 0 Å². The van der Waals surface area contributed by atoms with Crippen LogP contribution in [-0.2, 0) is 13.0 Å². The van der Waals surface area contributed by atoms with E-state index in [1.54, 1.807) is 6.21 Å². The Kier molecular flexibility index (Phi) is 4.43. The molecule has 0 unspecified atom stereocenters. The van der Waals surface area contributed by atoms with Crippen LogP contribution in [0.5, 0.6) is 0 Å². The van der Waals surface area contributed by atoms with Crippen molar-refractivity contribution in [3.8, 4) is 22.5 Å². The predicted octanol–water partition coefficient (Wildman–Crippen LogP) is 5.87. The van der Waals surface area contributed by atoms with E-state index in [9.17, 15) is 0 Å². The molecule has 0 spiro atoms. The molecule has 0 N–H and O–H groups in total. The van der Waals surface area contributed by atoms with Gasteiger partial charge < -0.3 is 4.57 Å². The summed E-state index contributed by atoms with van der Waals surface area (Å²) in [5.41, 5.74) is 5.77. The first kappa shape index (κ1) is 16.7. The summed E-state index contributed by atoms with van der Waals surface area (Å²) in [4.78, 5) is 13.4. The highest BCUT2D eigenvalue weighted by atomic mass is 35.5. The third-order valence-electron chi connectivity index (χ3n) is 4.61. The van der Waals surface area contributed by atoms with Crippen LogP contribution in [0.25, 0.3) is 22.5 Å². The Bertz CT molecular complexity index is 1020. The highest BCUT2D eigenvalue weighted by molar-refractivity contribution is 6.30. The van der Waals surface area contributed by atoms with E-state index in [-0.39, 0.29) is 0 Å². The highest BCUT2D eigenvalue weighted by Crippen LogP contribution is 2.39. The molecule has 0 atom stereocenters.